The van der Waals surface area contributed by atoms with Gasteiger partial charge in [0.05, 0.1) is 5.69 Å². The maximum atomic E-state index is 9.10. The molecule has 0 unspecified atom stereocenters. The van der Waals surface area contributed by atoms with Crippen molar-refractivity contribution in [3.63, 3.8) is 0 Å². The highest BCUT2D eigenvalue weighted by Gasteiger charge is 2.11. The molecule has 0 atom stereocenters. The molecule has 25 heavy (non-hydrogen) atoms. The number of nitriles is 1. The van der Waals surface area contributed by atoms with E-state index < -0.39 is 0 Å². The van der Waals surface area contributed by atoms with Gasteiger partial charge in [0.25, 0.3) is 0 Å². The lowest BCUT2D eigenvalue weighted by molar-refractivity contribution is 0.758. The van der Waals surface area contributed by atoms with Gasteiger partial charge in [-0.2, -0.15) is 10.4 Å². The molecule has 2 heterocycles. The van der Waals surface area contributed by atoms with Crippen LogP contribution in [0, 0.1) is 11.3 Å². The maximum Gasteiger partial charge on any atom is 0.163 e. The van der Waals surface area contributed by atoms with E-state index in [0.29, 0.717) is 17.8 Å². The molecule has 3 aromatic rings. The first-order valence-corrected chi connectivity index (χ1v) is 8.01. The molecule has 0 saturated heterocycles. The Labute approximate surface area is 146 Å². The van der Waals surface area contributed by atoms with Gasteiger partial charge in [-0.1, -0.05) is 30.3 Å². The largest absolute Gasteiger partial charge is 0.381 e. The van der Waals surface area contributed by atoms with Gasteiger partial charge in [-0.05, 0) is 18.9 Å². The lowest BCUT2D eigenvalue weighted by Crippen LogP contribution is -2.20. The van der Waals surface area contributed by atoms with E-state index >= 15 is 0 Å². The molecule has 3 rings (SSSR count). The van der Waals surface area contributed by atoms with Crippen molar-refractivity contribution in [3.8, 4) is 17.5 Å². The van der Waals surface area contributed by atoms with Crippen molar-refractivity contribution in [2.75, 3.05) is 24.2 Å². The second-order valence-corrected chi connectivity index (χ2v) is 5.70. The number of aryl methyl sites for hydroxylation is 1. The Hall–Kier alpha value is -3.40. The van der Waals surface area contributed by atoms with Gasteiger partial charge < -0.3 is 10.6 Å². The van der Waals surface area contributed by atoms with Crippen molar-refractivity contribution in [3.05, 3.63) is 53.9 Å². The third kappa shape index (κ3) is 3.75. The second kappa shape index (κ2) is 7.45. The summed E-state index contributed by atoms with van der Waals surface area (Å²) < 4.78 is 0. The van der Waals surface area contributed by atoms with Crippen molar-refractivity contribution < 1.29 is 0 Å². The lowest BCUT2D eigenvalue weighted by Gasteiger charge is -2.18. The van der Waals surface area contributed by atoms with Crippen LogP contribution >= 0.6 is 0 Å². The predicted octanol–water partition coefficient (Wildman–Crippen LogP) is 2.39. The first-order valence-electron chi connectivity index (χ1n) is 8.01. The van der Waals surface area contributed by atoms with Gasteiger partial charge in [-0.15, -0.1) is 0 Å². The van der Waals surface area contributed by atoms with Crippen LogP contribution in [0.25, 0.3) is 11.4 Å². The standard InChI is InChI=1S/C18H19N7/c1-25(11-5-8-15-14(12-19)17(20)24-23-15)16-9-10-21-18(22-16)13-6-3-2-4-7-13/h2-4,6-7,9-10H,5,8,11H2,1H3,(H3,20,23,24). The number of H-pyrrole nitrogens is 1. The quantitative estimate of drug-likeness (QED) is 0.717. The van der Waals surface area contributed by atoms with E-state index in [9.17, 15) is 0 Å². The number of benzene rings is 1. The topological polar surface area (TPSA) is 108 Å². The summed E-state index contributed by atoms with van der Waals surface area (Å²) in [5, 5.41) is 15.8. The Bertz CT molecular complexity index is 880. The number of hydrogen-bond donors (Lipinski definition) is 2. The van der Waals surface area contributed by atoms with E-state index in [4.69, 9.17) is 11.0 Å². The fourth-order valence-electron chi connectivity index (χ4n) is 2.60. The third-order valence-corrected chi connectivity index (χ3v) is 3.97. The van der Waals surface area contributed by atoms with Crippen LogP contribution in [0.15, 0.2) is 42.6 Å². The Balaban J connectivity index is 1.64. The highest BCUT2D eigenvalue weighted by atomic mass is 15.2. The van der Waals surface area contributed by atoms with Crippen LogP contribution in [0.5, 0.6) is 0 Å². The first-order chi connectivity index (χ1) is 12.2. The molecule has 0 fully saturated rings. The number of nitrogens with two attached hydrogens (primary N) is 1. The number of anilines is 2. The summed E-state index contributed by atoms with van der Waals surface area (Å²) in [7, 11) is 1.99. The fourth-order valence-corrected chi connectivity index (χ4v) is 2.60. The number of nitrogens with zero attached hydrogens (tertiary/aromatic N) is 5. The molecule has 7 nitrogen and oxygen atoms in total. The van der Waals surface area contributed by atoms with E-state index in [0.717, 1.165) is 30.0 Å². The molecule has 3 N–H and O–H groups in total. The van der Waals surface area contributed by atoms with Crippen molar-refractivity contribution in [1.29, 1.82) is 5.26 Å². The first kappa shape index (κ1) is 16.5. The molecule has 7 heteroatoms. The molecule has 0 spiro atoms. The van der Waals surface area contributed by atoms with Gasteiger partial charge in [0.2, 0.25) is 0 Å². The molecule has 1 aromatic carbocycles. The molecule has 0 radical (unpaired) electrons. The van der Waals surface area contributed by atoms with Crippen LogP contribution < -0.4 is 10.6 Å². The van der Waals surface area contributed by atoms with Gasteiger partial charge in [0.15, 0.2) is 11.6 Å². The van der Waals surface area contributed by atoms with Crippen LogP contribution in [0.4, 0.5) is 11.6 Å². The summed E-state index contributed by atoms with van der Waals surface area (Å²) in [5.74, 6) is 1.82. The van der Waals surface area contributed by atoms with E-state index in [-0.39, 0.29) is 5.82 Å². The highest BCUT2D eigenvalue weighted by Crippen LogP contribution is 2.18. The molecule has 0 aliphatic rings. The SMILES string of the molecule is CN(CCCc1[nH]nc(N)c1C#N)c1ccnc(-c2ccccc2)n1. The molecule has 0 amide bonds. The van der Waals surface area contributed by atoms with Crippen molar-refractivity contribution in [2.24, 2.45) is 0 Å². The minimum Gasteiger partial charge on any atom is -0.381 e. The Morgan fingerprint density at radius 2 is 2.04 bits per heavy atom. The zero-order valence-electron chi connectivity index (χ0n) is 14.0. The predicted molar refractivity (Wildman–Crippen MR) is 96.8 cm³/mol. The van der Waals surface area contributed by atoms with Gasteiger partial charge in [0.1, 0.15) is 17.5 Å². The van der Waals surface area contributed by atoms with Crippen LogP contribution in [-0.2, 0) is 6.42 Å². The molecule has 2 aromatic heterocycles. The molecule has 0 aliphatic carbocycles. The average molecular weight is 333 g/mol. The summed E-state index contributed by atoms with van der Waals surface area (Å²) in [6.45, 7) is 0.787. The second-order valence-electron chi connectivity index (χ2n) is 5.70. The van der Waals surface area contributed by atoms with Crippen molar-refractivity contribution in [1.82, 2.24) is 20.2 Å². The normalized spacial score (nSPS) is 10.4. The number of rotatable bonds is 6. The van der Waals surface area contributed by atoms with Crippen LogP contribution in [0.1, 0.15) is 17.7 Å². The van der Waals surface area contributed by atoms with Crippen molar-refractivity contribution >= 4 is 11.6 Å². The number of aromatic nitrogens is 4. The smallest absolute Gasteiger partial charge is 0.163 e. The molecule has 0 bridgehead atoms. The monoisotopic (exact) mass is 333 g/mol. The van der Waals surface area contributed by atoms with Gasteiger partial charge in [-0.3, -0.25) is 5.10 Å². The Kier molecular flexibility index (Phi) is 4.90. The average Bonchev–Trinajstić information content (AvgIpc) is 3.02. The maximum absolute atomic E-state index is 9.10. The van der Waals surface area contributed by atoms with E-state index in [2.05, 4.69) is 31.1 Å². The fraction of sp³-hybridized carbons (Fsp3) is 0.222. The van der Waals surface area contributed by atoms with Gasteiger partial charge in [0, 0.05) is 25.4 Å². The van der Waals surface area contributed by atoms with Crippen molar-refractivity contribution in [2.45, 2.75) is 12.8 Å². The molecular weight excluding hydrogens is 314 g/mol. The summed E-state index contributed by atoms with van der Waals surface area (Å²) >= 11 is 0. The summed E-state index contributed by atoms with van der Waals surface area (Å²) in [5.41, 5.74) is 7.86. The molecule has 126 valence electrons. The summed E-state index contributed by atoms with van der Waals surface area (Å²) in [4.78, 5) is 11.0. The summed E-state index contributed by atoms with van der Waals surface area (Å²) in [6.07, 6.45) is 3.32. The summed E-state index contributed by atoms with van der Waals surface area (Å²) in [6, 6.07) is 13.9. The van der Waals surface area contributed by atoms with E-state index in [1.54, 1.807) is 6.20 Å². The minimum atomic E-state index is 0.258. The zero-order valence-corrected chi connectivity index (χ0v) is 14.0. The molecule has 0 aliphatic heterocycles. The van der Waals surface area contributed by atoms with E-state index in [1.807, 2.05) is 43.4 Å². The highest BCUT2D eigenvalue weighted by molar-refractivity contribution is 5.56. The van der Waals surface area contributed by atoms with E-state index in [1.165, 1.54) is 0 Å². The van der Waals surface area contributed by atoms with Crippen LogP contribution in [0.2, 0.25) is 0 Å². The van der Waals surface area contributed by atoms with Gasteiger partial charge >= 0.3 is 0 Å². The number of nitrogens with one attached hydrogen (secondary N) is 1. The Morgan fingerprint density at radius 1 is 1.24 bits per heavy atom. The molecule has 0 saturated carbocycles. The number of aromatic amines is 1. The number of hydrogen-bond acceptors (Lipinski definition) is 6. The molecular formula is C18H19N7. The van der Waals surface area contributed by atoms with Crippen LogP contribution in [-0.4, -0.2) is 33.8 Å². The number of nitrogen functional groups attached to an aromatic ring is 1. The lowest BCUT2D eigenvalue weighted by atomic mass is 10.1. The zero-order chi connectivity index (χ0) is 17.6. The van der Waals surface area contributed by atoms with Crippen LogP contribution in [0.3, 0.4) is 0 Å². The Morgan fingerprint density at radius 3 is 2.80 bits per heavy atom. The third-order valence-electron chi connectivity index (χ3n) is 3.97. The minimum absolute atomic E-state index is 0.258. The van der Waals surface area contributed by atoms with Gasteiger partial charge in [-0.25, -0.2) is 9.97 Å².